The number of rotatable bonds is 3. The molecular weight excluding hydrogens is 365 g/mol. The Morgan fingerprint density at radius 2 is 1.89 bits per heavy atom. The average molecular weight is 382 g/mol. The van der Waals surface area contributed by atoms with Crippen molar-refractivity contribution in [1.82, 2.24) is 14.5 Å². The van der Waals surface area contributed by atoms with Gasteiger partial charge in [-0.05, 0) is 55.8 Å². The molecule has 4 rings (SSSR count). The van der Waals surface area contributed by atoms with Gasteiger partial charge in [-0.3, -0.25) is 9.55 Å². The van der Waals surface area contributed by atoms with Crippen LogP contribution >= 0.6 is 11.6 Å². The molecule has 6 heteroatoms. The van der Waals surface area contributed by atoms with Crippen molar-refractivity contribution in [3.05, 3.63) is 77.6 Å². The van der Waals surface area contributed by atoms with E-state index in [9.17, 15) is 9.50 Å². The van der Waals surface area contributed by atoms with E-state index in [0.717, 1.165) is 22.3 Å². The number of pyridine rings is 1. The summed E-state index contributed by atoms with van der Waals surface area (Å²) in [5.74, 6) is -0.361. The molecule has 4 nitrogen and oxygen atoms in total. The summed E-state index contributed by atoms with van der Waals surface area (Å²) < 4.78 is 16.3. The molecule has 0 aliphatic heterocycles. The van der Waals surface area contributed by atoms with E-state index >= 15 is 0 Å². The number of nitrogens with zero attached hydrogens (tertiary/aromatic N) is 3. The molecule has 0 spiro atoms. The van der Waals surface area contributed by atoms with E-state index in [4.69, 9.17) is 11.6 Å². The van der Waals surface area contributed by atoms with E-state index in [0.29, 0.717) is 16.1 Å². The second-order valence-electron chi connectivity index (χ2n) is 6.90. The van der Waals surface area contributed by atoms with Crippen LogP contribution in [0.3, 0.4) is 0 Å². The summed E-state index contributed by atoms with van der Waals surface area (Å²) in [6, 6.07) is 12.2. The summed E-state index contributed by atoms with van der Waals surface area (Å²) in [7, 11) is 0. The molecule has 1 N–H and O–H groups in total. The molecule has 4 aromatic rings. The first kappa shape index (κ1) is 17.6. The van der Waals surface area contributed by atoms with Crippen LogP contribution in [0, 0.1) is 5.82 Å². The van der Waals surface area contributed by atoms with E-state index in [1.807, 2.05) is 22.8 Å². The molecule has 0 atom stereocenters. The van der Waals surface area contributed by atoms with Gasteiger partial charge in [0.05, 0.1) is 21.7 Å². The van der Waals surface area contributed by atoms with Crippen molar-refractivity contribution in [2.45, 2.75) is 19.4 Å². The SMILES string of the molecule is CC(C)(O)c1ccc2c(c1)ncn2-c1ccc(F)c(-c2ccncc2Cl)c1. The predicted octanol–water partition coefficient (Wildman–Crippen LogP) is 5.11. The van der Waals surface area contributed by atoms with Crippen LogP contribution in [0.25, 0.3) is 27.8 Å². The predicted molar refractivity (Wildman–Crippen MR) is 105 cm³/mol. The van der Waals surface area contributed by atoms with Crippen molar-refractivity contribution in [3.8, 4) is 16.8 Å². The minimum atomic E-state index is -0.945. The van der Waals surface area contributed by atoms with Gasteiger partial charge in [0.2, 0.25) is 0 Å². The summed E-state index contributed by atoms with van der Waals surface area (Å²) >= 11 is 6.19. The lowest BCUT2D eigenvalue weighted by Gasteiger charge is -2.17. The maximum Gasteiger partial charge on any atom is 0.131 e. The minimum Gasteiger partial charge on any atom is -0.386 e. The second kappa shape index (κ2) is 6.44. The van der Waals surface area contributed by atoms with Crippen LogP contribution in [0.15, 0.2) is 61.2 Å². The van der Waals surface area contributed by atoms with Gasteiger partial charge in [0, 0.05) is 29.2 Å². The van der Waals surface area contributed by atoms with E-state index in [-0.39, 0.29) is 5.82 Å². The zero-order chi connectivity index (χ0) is 19.2. The Hall–Kier alpha value is -2.76. The molecule has 0 fully saturated rings. The average Bonchev–Trinajstić information content (AvgIpc) is 3.05. The van der Waals surface area contributed by atoms with Crippen molar-refractivity contribution in [3.63, 3.8) is 0 Å². The molecular formula is C21H17ClFN3O. The Balaban J connectivity index is 1.85. The highest BCUT2D eigenvalue weighted by atomic mass is 35.5. The molecule has 136 valence electrons. The third kappa shape index (κ3) is 3.20. The lowest BCUT2D eigenvalue weighted by molar-refractivity contribution is 0.0787. The van der Waals surface area contributed by atoms with Crippen LogP contribution in [-0.4, -0.2) is 19.6 Å². The molecule has 0 aliphatic carbocycles. The van der Waals surface area contributed by atoms with Gasteiger partial charge >= 0.3 is 0 Å². The van der Waals surface area contributed by atoms with Crippen molar-refractivity contribution >= 4 is 22.6 Å². The first-order valence-electron chi connectivity index (χ1n) is 8.44. The third-order valence-electron chi connectivity index (χ3n) is 4.54. The van der Waals surface area contributed by atoms with E-state index in [1.165, 1.54) is 12.3 Å². The monoisotopic (exact) mass is 381 g/mol. The summed E-state index contributed by atoms with van der Waals surface area (Å²) in [5.41, 5.74) is 3.19. The highest BCUT2D eigenvalue weighted by Crippen LogP contribution is 2.32. The number of halogens is 2. The van der Waals surface area contributed by atoms with Gasteiger partial charge < -0.3 is 5.11 Å². The van der Waals surface area contributed by atoms with E-state index in [2.05, 4.69) is 9.97 Å². The van der Waals surface area contributed by atoms with Crippen LogP contribution in [0.1, 0.15) is 19.4 Å². The molecule has 0 amide bonds. The fraction of sp³-hybridized carbons (Fsp3) is 0.143. The van der Waals surface area contributed by atoms with Gasteiger partial charge in [-0.25, -0.2) is 9.37 Å². The fourth-order valence-electron chi connectivity index (χ4n) is 3.06. The number of benzene rings is 2. The molecule has 27 heavy (non-hydrogen) atoms. The van der Waals surface area contributed by atoms with Crippen LogP contribution in [0.2, 0.25) is 5.02 Å². The zero-order valence-electron chi connectivity index (χ0n) is 14.8. The Bertz CT molecular complexity index is 1150. The highest BCUT2D eigenvalue weighted by molar-refractivity contribution is 6.33. The maximum atomic E-state index is 14.4. The molecule has 0 saturated carbocycles. The quantitative estimate of drug-likeness (QED) is 0.536. The lowest BCUT2D eigenvalue weighted by Crippen LogP contribution is -2.15. The summed E-state index contributed by atoms with van der Waals surface area (Å²) in [6.07, 6.45) is 4.76. The number of aromatic nitrogens is 3. The van der Waals surface area contributed by atoms with Crippen molar-refractivity contribution < 1.29 is 9.50 Å². The second-order valence-corrected chi connectivity index (χ2v) is 7.30. The van der Waals surface area contributed by atoms with Crippen molar-refractivity contribution in [1.29, 1.82) is 0 Å². The molecule has 2 aromatic carbocycles. The van der Waals surface area contributed by atoms with Gasteiger partial charge in [0.1, 0.15) is 12.1 Å². The van der Waals surface area contributed by atoms with Gasteiger partial charge in [-0.1, -0.05) is 17.7 Å². The molecule has 0 bridgehead atoms. The van der Waals surface area contributed by atoms with Crippen molar-refractivity contribution in [2.75, 3.05) is 0 Å². The molecule has 2 aromatic heterocycles. The van der Waals surface area contributed by atoms with Crippen LogP contribution in [-0.2, 0) is 5.60 Å². The summed E-state index contributed by atoms with van der Waals surface area (Å²) in [6.45, 7) is 3.46. The highest BCUT2D eigenvalue weighted by Gasteiger charge is 2.18. The molecule has 2 heterocycles. The number of aliphatic hydroxyl groups is 1. The molecule has 0 radical (unpaired) electrons. The number of hydrogen-bond acceptors (Lipinski definition) is 3. The number of fused-ring (bicyclic) bond motifs is 1. The van der Waals surface area contributed by atoms with Crippen LogP contribution in [0.5, 0.6) is 0 Å². The van der Waals surface area contributed by atoms with E-state index < -0.39 is 5.60 Å². The van der Waals surface area contributed by atoms with Crippen LogP contribution in [0.4, 0.5) is 4.39 Å². The Kier molecular flexibility index (Phi) is 4.21. The topological polar surface area (TPSA) is 50.9 Å². The number of hydrogen-bond donors (Lipinski definition) is 1. The Morgan fingerprint density at radius 1 is 1.07 bits per heavy atom. The Labute approximate surface area is 160 Å². The summed E-state index contributed by atoms with van der Waals surface area (Å²) in [4.78, 5) is 8.38. The van der Waals surface area contributed by atoms with Gasteiger partial charge in [-0.15, -0.1) is 0 Å². The normalized spacial score (nSPS) is 11.9. The van der Waals surface area contributed by atoms with Gasteiger partial charge in [0.15, 0.2) is 0 Å². The van der Waals surface area contributed by atoms with Crippen molar-refractivity contribution in [2.24, 2.45) is 0 Å². The summed E-state index contributed by atoms with van der Waals surface area (Å²) in [5, 5.41) is 10.6. The molecule has 0 saturated heterocycles. The maximum absolute atomic E-state index is 14.4. The Morgan fingerprint density at radius 3 is 2.63 bits per heavy atom. The minimum absolute atomic E-state index is 0.361. The first-order valence-corrected chi connectivity index (χ1v) is 8.82. The van der Waals surface area contributed by atoms with Gasteiger partial charge in [-0.2, -0.15) is 0 Å². The lowest BCUT2D eigenvalue weighted by atomic mass is 9.98. The molecule has 0 unspecified atom stereocenters. The van der Waals surface area contributed by atoms with E-state index in [1.54, 1.807) is 44.6 Å². The fourth-order valence-corrected chi connectivity index (χ4v) is 3.28. The number of imidazole rings is 1. The molecule has 0 aliphatic rings. The smallest absolute Gasteiger partial charge is 0.131 e. The zero-order valence-corrected chi connectivity index (χ0v) is 15.6. The first-order chi connectivity index (χ1) is 12.8. The standard InChI is InChI=1S/C21H17ClFN3O/c1-21(2,27)13-3-6-20-19(9-13)25-12-26(20)14-4-5-18(23)16(10-14)15-7-8-24-11-17(15)22/h3-12,27H,1-2H3. The van der Waals surface area contributed by atoms with Crippen LogP contribution < -0.4 is 0 Å². The third-order valence-corrected chi connectivity index (χ3v) is 4.85. The largest absolute Gasteiger partial charge is 0.386 e. The van der Waals surface area contributed by atoms with Gasteiger partial charge in [0.25, 0.3) is 0 Å².